The molecule has 0 unspecified atom stereocenters. The van der Waals surface area contributed by atoms with Gasteiger partial charge >= 0.3 is 0 Å². The molecule has 3 nitrogen and oxygen atoms in total. The molecule has 1 saturated heterocycles. The normalized spacial score (nSPS) is 19.1. The highest BCUT2D eigenvalue weighted by Crippen LogP contribution is 2.25. The van der Waals surface area contributed by atoms with Crippen molar-refractivity contribution >= 4 is 0 Å². The van der Waals surface area contributed by atoms with Gasteiger partial charge in [0.1, 0.15) is 0 Å². The van der Waals surface area contributed by atoms with Crippen LogP contribution in [0, 0.1) is 11.3 Å². The van der Waals surface area contributed by atoms with Crippen LogP contribution in [0.15, 0.2) is 0 Å². The quantitative estimate of drug-likeness (QED) is 0.695. The monoisotopic (exact) mass is 269 g/mol. The molecule has 1 heterocycles. The third-order valence-corrected chi connectivity index (χ3v) is 5.03. The molecule has 0 radical (unpaired) electrons. The second-order valence-electron chi connectivity index (χ2n) is 7.62. The van der Waals surface area contributed by atoms with Crippen LogP contribution >= 0.6 is 0 Å². The van der Waals surface area contributed by atoms with Crippen LogP contribution in [0.2, 0.25) is 0 Å². The SMILES string of the molecule is CC(C)C(C)(C)CNCCC(C)(C)N1CCNCC1. The third kappa shape index (κ3) is 5.41. The van der Waals surface area contributed by atoms with Gasteiger partial charge in [-0.1, -0.05) is 27.7 Å². The molecule has 0 saturated carbocycles. The van der Waals surface area contributed by atoms with E-state index in [-0.39, 0.29) is 0 Å². The number of hydrogen-bond acceptors (Lipinski definition) is 3. The molecule has 1 fully saturated rings. The minimum atomic E-state index is 0.317. The summed E-state index contributed by atoms with van der Waals surface area (Å²) in [4.78, 5) is 2.62. The van der Waals surface area contributed by atoms with Crippen molar-refractivity contribution in [3.05, 3.63) is 0 Å². The van der Waals surface area contributed by atoms with E-state index in [9.17, 15) is 0 Å². The number of nitrogens with zero attached hydrogens (tertiary/aromatic N) is 1. The first-order valence-electron chi connectivity index (χ1n) is 7.92. The number of rotatable bonds is 7. The zero-order chi connectivity index (χ0) is 14.5. The van der Waals surface area contributed by atoms with Crippen molar-refractivity contribution in [2.75, 3.05) is 39.3 Å². The van der Waals surface area contributed by atoms with Crippen molar-refractivity contribution in [2.45, 2.75) is 53.5 Å². The Bertz CT molecular complexity index is 253. The summed E-state index contributed by atoms with van der Waals surface area (Å²) in [5.74, 6) is 0.723. The van der Waals surface area contributed by atoms with Crippen LogP contribution in [0.3, 0.4) is 0 Å². The van der Waals surface area contributed by atoms with Gasteiger partial charge in [0, 0.05) is 38.3 Å². The zero-order valence-corrected chi connectivity index (χ0v) is 14.0. The van der Waals surface area contributed by atoms with Crippen LogP contribution in [-0.2, 0) is 0 Å². The van der Waals surface area contributed by atoms with Gasteiger partial charge in [-0.15, -0.1) is 0 Å². The molecule has 3 heteroatoms. The van der Waals surface area contributed by atoms with Gasteiger partial charge in [0.25, 0.3) is 0 Å². The molecule has 0 bridgehead atoms. The molecule has 0 aromatic heterocycles. The fourth-order valence-electron chi connectivity index (χ4n) is 2.44. The van der Waals surface area contributed by atoms with Gasteiger partial charge in [-0.2, -0.15) is 0 Å². The van der Waals surface area contributed by atoms with E-state index in [1.54, 1.807) is 0 Å². The number of hydrogen-bond donors (Lipinski definition) is 2. The molecule has 0 aromatic carbocycles. The van der Waals surface area contributed by atoms with E-state index in [0.29, 0.717) is 11.0 Å². The first kappa shape index (κ1) is 16.9. The highest BCUT2D eigenvalue weighted by molar-refractivity contribution is 4.85. The van der Waals surface area contributed by atoms with Crippen LogP contribution in [0.5, 0.6) is 0 Å². The lowest BCUT2D eigenvalue weighted by Gasteiger charge is -2.41. The minimum absolute atomic E-state index is 0.317. The van der Waals surface area contributed by atoms with Gasteiger partial charge in [0.15, 0.2) is 0 Å². The maximum atomic E-state index is 3.66. The Labute approximate surface area is 120 Å². The van der Waals surface area contributed by atoms with Gasteiger partial charge in [-0.05, 0) is 38.1 Å². The first-order chi connectivity index (χ1) is 8.76. The first-order valence-corrected chi connectivity index (χ1v) is 7.92. The summed E-state index contributed by atoms with van der Waals surface area (Å²) in [5.41, 5.74) is 0.705. The third-order valence-electron chi connectivity index (χ3n) is 5.03. The second kappa shape index (κ2) is 7.05. The molecule has 0 amide bonds. The van der Waals surface area contributed by atoms with E-state index in [4.69, 9.17) is 0 Å². The molecule has 0 aromatic rings. The van der Waals surface area contributed by atoms with E-state index >= 15 is 0 Å². The van der Waals surface area contributed by atoms with Gasteiger partial charge < -0.3 is 10.6 Å². The molecule has 0 aliphatic carbocycles. The molecular weight excluding hydrogens is 234 g/mol. The second-order valence-corrected chi connectivity index (χ2v) is 7.62. The maximum absolute atomic E-state index is 3.66. The Morgan fingerprint density at radius 1 is 1.11 bits per heavy atom. The van der Waals surface area contributed by atoms with Gasteiger partial charge in [0.2, 0.25) is 0 Å². The maximum Gasteiger partial charge on any atom is 0.0166 e. The van der Waals surface area contributed by atoms with Crippen LogP contribution in [0.4, 0.5) is 0 Å². The molecule has 1 aliphatic rings. The van der Waals surface area contributed by atoms with E-state index in [0.717, 1.165) is 32.1 Å². The topological polar surface area (TPSA) is 27.3 Å². The lowest BCUT2D eigenvalue weighted by atomic mass is 9.81. The van der Waals surface area contributed by atoms with Crippen molar-refractivity contribution < 1.29 is 0 Å². The highest BCUT2D eigenvalue weighted by Gasteiger charge is 2.27. The molecule has 1 rings (SSSR count). The summed E-state index contributed by atoms with van der Waals surface area (Å²) >= 11 is 0. The number of nitrogens with one attached hydrogen (secondary N) is 2. The van der Waals surface area contributed by atoms with Crippen LogP contribution in [0.1, 0.15) is 48.0 Å². The average molecular weight is 269 g/mol. The molecule has 0 atom stereocenters. The van der Waals surface area contributed by atoms with Crippen molar-refractivity contribution in [1.82, 2.24) is 15.5 Å². The standard InChI is InChI=1S/C16H35N3/c1-14(2)15(3,4)13-18-8-7-16(5,6)19-11-9-17-10-12-19/h14,17-18H,7-13H2,1-6H3. The van der Waals surface area contributed by atoms with Crippen LogP contribution in [0.25, 0.3) is 0 Å². The average Bonchev–Trinajstić information content (AvgIpc) is 2.36. The van der Waals surface area contributed by atoms with Crippen molar-refractivity contribution in [3.63, 3.8) is 0 Å². The minimum Gasteiger partial charge on any atom is -0.316 e. The van der Waals surface area contributed by atoms with Crippen molar-refractivity contribution in [2.24, 2.45) is 11.3 Å². The predicted molar refractivity (Wildman–Crippen MR) is 84.6 cm³/mol. The Kier molecular flexibility index (Phi) is 6.28. The summed E-state index contributed by atoms with van der Waals surface area (Å²) in [5, 5.41) is 7.09. The summed E-state index contributed by atoms with van der Waals surface area (Å²) < 4.78 is 0. The molecule has 19 heavy (non-hydrogen) atoms. The summed E-state index contributed by atoms with van der Waals surface area (Å²) in [7, 11) is 0. The number of piperazine rings is 1. The van der Waals surface area contributed by atoms with E-state index in [1.807, 2.05) is 0 Å². The van der Waals surface area contributed by atoms with E-state index in [1.165, 1.54) is 19.5 Å². The smallest absolute Gasteiger partial charge is 0.0166 e. The lowest BCUT2D eigenvalue weighted by molar-refractivity contribution is 0.0942. The van der Waals surface area contributed by atoms with E-state index in [2.05, 4.69) is 57.1 Å². The Morgan fingerprint density at radius 3 is 2.21 bits per heavy atom. The molecule has 114 valence electrons. The van der Waals surface area contributed by atoms with Crippen LogP contribution < -0.4 is 10.6 Å². The predicted octanol–water partition coefficient (Wildman–Crippen LogP) is 2.33. The summed E-state index contributed by atoms with van der Waals surface area (Å²) in [6.45, 7) is 21.0. The van der Waals surface area contributed by atoms with Gasteiger partial charge in [0.05, 0.1) is 0 Å². The molecule has 0 spiro atoms. The molecular formula is C16H35N3. The Morgan fingerprint density at radius 2 is 1.68 bits per heavy atom. The highest BCUT2D eigenvalue weighted by atomic mass is 15.2. The summed E-state index contributed by atoms with van der Waals surface area (Å²) in [6, 6.07) is 0. The fraction of sp³-hybridized carbons (Fsp3) is 1.00. The Balaban J connectivity index is 2.27. The molecule has 2 N–H and O–H groups in total. The van der Waals surface area contributed by atoms with Gasteiger partial charge in [-0.3, -0.25) is 4.90 Å². The van der Waals surface area contributed by atoms with E-state index < -0.39 is 0 Å². The van der Waals surface area contributed by atoms with Crippen molar-refractivity contribution in [1.29, 1.82) is 0 Å². The Hall–Kier alpha value is -0.120. The summed E-state index contributed by atoms with van der Waals surface area (Å²) in [6.07, 6.45) is 1.22. The van der Waals surface area contributed by atoms with Gasteiger partial charge in [-0.25, -0.2) is 0 Å². The van der Waals surface area contributed by atoms with Crippen molar-refractivity contribution in [3.8, 4) is 0 Å². The zero-order valence-electron chi connectivity index (χ0n) is 14.0. The molecule has 1 aliphatic heterocycles. The largest absolute Gasteiger partial charge is 0.316 e. The lowest BCUT2D eigenvalue weighted by Crippen LogP contribution is -2.54. The fourth-order valence-corrected chi connectivity index (χ4v) is 2.44. The van der Waals surface area contributed by atoms with Crippen LogP contribution in [-0.4, -0.2) is 49.7 Å².